The molecule has 0 bridgehead atoms. The van der Waals surface area contributed by atoms with E-state index in [0.717, 1.165) is 69.3 Å². The first-order valence-corrected chi connectivity index (χ1v) is 12.1. The summed E-state index contributed by atoms with van der Waals surface area (Å²) in [4.78, 5) is 15.4. The minimum atomic E-state index is 0.187. The van der Waals surface area contributed by atoms with Crippen molar-refractivity contribution in [1.82, 2.24) is 29.1 Å². The van der Waals surface area contributed by atoms with Crippen LogP contribution in [0.3, 0.4) is 0 Å². The number of pyridine rings is 1. The van der Waals surface area contributed by atoms with Gasteiger partial charge >= 0.3 is 0 Å². The van der Waals surface area contributed by atoms with Crippen molar-refractivity contribution in [3.8, 4) is 6.07 Å². The van der Waals surface area contributed by atoms with Gasteiger partial charge in [-0.25, -0.2) is 14.5 Å². The summed E-state index contributed by atoms with van der Waals surface area (Å²) in [6.07, 6.45) is 7.39. The van der Waals surface area contributed by atoms with Crippen LogP contribution in [0.5, 0.6) is 0 Å². The number of imidazole rings is 2. The molecule has 0 saturated carbocycles. The van der Waals surface area contributed by atoms with Crippen LogP contribution in [0.25, 0.3) is 26.9 Å². The largest absolute Gasteiger partial charge is 0.378 e. The van der Waals surface area contributed by atoms with E-state index in [-0.39, 0.29) is 12.1 Å². The van der Waals surface area contributed by atoms with E-state index in [1.165, 1.54) is 0 Å². The molecular formula is C24H23N7OS. The smallest absolute Gasteiger partial charge is 0.212 e. The number of nitriles is 1. The van der Waals surface area contributed by atoms with E-state index in [9.17, 15) is 5.26 Å². The molecule has 1 fully saturated rings. The van der Waals surface area contributed by atoms with E-state index < -0.39 is 0 Å². The minimum absolute atomic E-state index is 0.187. The standard InChI is InChI=1S/C24H23N7OS/c1-3-22-29-30-13-16(27-24(30)33-22)10-21-28-20-12-26-19-5-4-15(11-25)9-18(19)23(20)31(21)17-6-7-32-14(2)8-17/h4-5,9,12-14,17H,3,6-8,10H2,1-2H3/t14-,17-/m1/s1. The van der Waals surface area contributed by atoms with Crippen LogP contribution in [0.1, 0.15) is 54.8 Å². The number of aryl methyl sites for hydroxylation is 1. The third-order valence-electron chi connectivity index (χ3n) is 6.32. The van der Waals surface area contributed by atoms with Crippen molar-refractivity contribution in [3.05, 3.63) is 52.7 Å². The second-order valence-electron chi connectivity index (χ2n) is 8.58. The summed E-state index contributed by atoms with van der Waals surface area (Å²) in [5, 5.41) is 16.1. The molecule has 1 aliphatic heterocycles. The maximum Gasteiger partial charge on any atom is 0.212 e. The Bertz CT molecular complexity index is 1510. The number of ether oxygens (including phenoxy) is 1. The molecule has 8 nitrogen and oxygen atoms in total. The molecule has 1 saturated heterocycles. The van der Waals surface area contributed by atoms with Crippen LogP contribution < -0.4 is 0 Å². The van der Waals surface area contributed by atoms with Gasteiger partial charge in [0.15, 0.2) is 0 Å². The quantitative estimate of drug-likeness (QED) is 0.396. The van der Waals surface area contributed by atoms with E-state index in [1.54, 1.807) is 11.3 Å². The number of fused-ring (bicyclic) bond motifs is 4. The lowest BCUT2D eigenvalue weighted by molar-refractivity contribution is 0.00631. The zero-order valence-electron chi connectivity index (χ0n) is 18.5. The minimum Gasteiger partial charge on any atom is -0.378 e. The second kappa shape index (κ2) is 7.90. The fourth-order valence-corrected chi connectivity index (χ4v) is 5.63. The van der Waals surface area contributed by atoms with Gasteiger partial charge in [0.2, 0.25) is 4.96 Å². The third-order valence-corrected chi connectivity index (χ3v) is 7.38. The molecule has 6 rings (SSSR count). The number of hydrogen-bond acceptors (Lipinski definition) is 7. The molecule has 5 aromatic rings. The molecule has 1 aromatic carbocycles. The predicted molar refractivity (Wildman–Crippen MR) is 126 cm³/mol. The highest BCUT2D eigenvalue weighted by Crippen LogP contribution is 2.34. The Labute approximate surface area is 194 Å². The van der Waals surface area contributed by atoms with Crippen molar-refractivity contribution in [3.63, 3.8) is 0 Å². The van der Waals surface area contributed by atoms with Crippen LogP contribution in [0.2, 0.25) is 0 Å². The van der Waals surface area contributed by atoms with Gasteiger partial charge < -0.3 is 9.30 Å². The van der Waals surface area contributed by atoms with Crippen LogP contribution in [0.4, 0.5) is 0 Å². The molecule has 0 spiro atoms. The Morgan fingerprint density at radius 1 is 1.27 bits per heavy atom. The van der Waals surface area contributed by atoms with Gasteiger partial charge in [-0.15, -0.1) is 0 Å². The van der Waals surface area contributed by atoms with E-state index in [0.29, 0.717) is 12.0 Å². The summed E-state index contributed by atoms with van der Waals surface area (Å²) in [5.74, 6) is 0.960. The first-order chi connectivity index (χ1) is 16.1. The highest BCUT2D eigenvalue weighted by molar-refractivity contribution is 7.16. The zero-order chi connectivity index (χ0) is 22.5. The van der Waals surface area contributed by atoms with E-state index in [2.05, 4.69) is 34.6 Å². The van der Waals surface area contributed by atoms with E-state index in [4.69, 9.17) is 14.7 Å². The molecular weight excluding hydrogens is 434 g/mol. The Kier molecular flexibility index (Phi) is 4.85. The summed E-state index contributed by atoms with van der Waals surface area (Å²) in [6, 6.07) is 8.18. The van der Waals surface area contributed by atoms with Crippen LogP contribution in [0, 0.1) is 11.3 Å². The molecule has 0 aliphatic carbocycles. The van der Waals surface area contributed by atoms with Gasteiger partial charge in [-0.2, -0.15) is 10.4 Å². The zero-order valence-corrected chi connectivity index (χ0v) is 19.3. The first-order valence-electron chi connectivity index (χ1n) is 11.3. The highest BCUT2D eigenvalue weighted by Gasteiger charge is 2.27. The molecule has 0 unspecified atom stereocenters. The Hall–Kier alpha value is -3.35. The lowest BCUT2D eigenvalue weighted by Gasteiger charge is -2.30. The van der Waals surface area contributed by atoms with Crippen molar-refractivity contribution in [2.24, 2.45) is 0 Å². The lowest BCUT2D eigenvalue weighted by Crippen LogP contribution is -2.26. The summed E-state index contributed by atoms with van der Waals surface area (Å²) in [6.45, 7) is 4.95. The van der Waals surface area contributed by atoms with Gasteiger partial charge in [0, 0.05) is 24.5 Å². The topological polar surface area (TPSA) is 93.9 Å². The average molecular weight is 458 g/mol. The SMILES string of the molecule is CCc1nn2cc(Cc3nc4cnc5ccc(C#N)cc5c4n3[C@@H]3CCO[C@H](C)C3)nc2s1. The summed E-state index contributed by atoms with van der Waals surface area (Å²) in [7, 11) is 0. The van der Waals surface area contributed by atoms with Crippen molar-refractivity contribution in [2.45, 2.75) is 51.7 Å². The van der Waals surface area contributed by atoms with E-state index in [1.807, 2.05) is 35.1 Å². The van der Waals surface area contributed by atoms with Gasteiger partial charge in [0.1, 0.15) is 16.3 Å². The Balaban J connectivity index is 1.53. The van der Waals surface area contributed by atoms with Gasteiger partial charge in [-0.3, -0.25) is 4.98 Å². The third kappa shape index (κ3) is 3.46. The van der Waals surface area contributed by atoms with Crippen LogP contribution in [-0.4, -0.2) is 41.8 Å². The molecule has 5 heterocycles. The molecule has 0 amide bonds. The highest BCUT2D eigenvalue weighted by atomic mass is 32.1. The molecule has 4 aromatic heterocycles. The van der Waals surface area contributed by atoms with Crippen molar-refractivity contribution in [2.75, 3.05) is 6.61 Å². The molecule has 0 N–H and O–H groups in total. The van der Waals surface area contributed by atoms with E-state index >= 15 is 0 Å². The molecule has 1 aliphatic rings. The summed E-state index contributed by atoms with van der Waals surface area (Å²) >= 11 is 1.63. The van der Waals surface area contributed by atoms with Crippen molar-refractivity contribution in [1.29, 1.82) is 5.26 Å². The van der Waals surface area contributed by atoms with Gasteiger partial charge in [-0.05, 0) is 44.4 Å². The number of aromatic nitrogens is 6. The van der Waals surface area contributed by atoms with Gasteiger partial charge in [0.25, 0.3) is 0 Å². The predicted octanol–water partition coefficient (Wildman–Crippen LogP) is 4.45. The van der Waals surface area contributed by atoms with Crippen molar-refractivity contribution < 1.29 is 4.74 Å². The fourth-order valence-electron chi connectivity index (χ4n) is 4.80. The average Bonchev–Trinajstić information content (AvgIpc) is 3.49. The maximum absolute atomic E-state index is 9.48. The van der Waals surface area contributed by atoms with Gasteiger partial charge in [0.05, 0.1) is 46.9 Å². The molecule has 9 heteroatoms. The number of benzene rings is 1. The van der Waals surface area contributed by atoms with Crippen LogP contribution in [0.15, 0.2) is 30.6 Å². The molecule has 0 radical (unpaired) electrons. The van der Waals surface area contributed by atoms with Crippen molar-refractivity contribution >= 4 is 38.2 Å². The first kappa shape index (κ1) is 20.3. The summed E-state index contributed by atoms with van der Waals surface area (Å²) < 4.78 is 10.1. The Morgan fingerprint density at radius 2 is 2.18 bits per heavy atom. The lowest BCUT2D eigenvalue weighted by atomic mass is 10.0. The van der Waals surface area contributed by atoms with Crippen LogP contribution >= 0.6 is 11.3 Å². The number of hydrogen-bond donors (Lipinski definition) is 0. The maximum atomic E-state index is 9.48. The molecule has 33 heavy (non-hydrogen) atoms. The van der Waals surface area contributed by atoms with Crippen LogP contribution in [-0.2, 0) is 17.6 Å². The summed E-state index contributed by atoms with van der Waals surface area (Å²) in [5.41, 5.74) is 4.33. The van der Waals surface area contributed by atoms with Gasteiger partial charge in [-0.1, -0.05) is 18.3 Å². The number of rotatable bonds is 4. The monoisotopic (exact) mass is 457 g/mol. The fraction of sp³-hybridized carbons (Fsp3) is 0.375. The molecule has 166 valence electrons. The molecule has 2 atom stereocenters. The normalized spacial score (nSPS) is 18.9. The number of nitrogens with zero attached hydrogens (tertiary/aromatic N) is 7. The second-order valence-corrected chi connectivity index (χ2v) is 9.62. The Morgan fingerprint density at radius 3 is 2.97 bits per heavy atom.